The summed E-state index contributed by atoms with van der Waals surface area (Å²) in [5, 5.41) is 0. The number of rotatable bonds is 5. The van der Waals surface area contributed by atoms with E-state index in [4.69, 9.17) is 10.6 Å². The number of aryl methyl sites for hydroxylation is 1. The highest BCUT2D eigenvalue weighted by Crippen LogP contribution is 2.26. The Morgan fingerprint density at radius 3 is 2.41 bits per heavy atom. The zero-order valence-electron chi connectivity index (χ0n) is 10.8. The summed E-state index contributed by atoms with van der Waals surface area (Å²) in [6.07, 6.45) is -0.0517. The summed E-state index contributed by atoms with van der Waals surface area (Å²) in [5.74, 6) is 5.68. The molecule has 0 heterocycles. The summed E-state index contributed by atoms with van der Waals surface area (Å²) in [5.41, 5.74) is 4.60. The van der Waals surface area contributed by atoms with Crippen LogP contribution in [0.3, 0.4) is 0 Å². The van der Waals surface area contributed by atoms with Gasteiger partial charge >= 0.3 is 0 Å². The lowest BCUT2D eigenvalue weighted by molar-refractivity contribution is 0.0324. The fraction of sp³-hybridized carbons (Fsp3) is 0.538. The van der Waals surface area contributed by atoms with E-state index in [9.17, 15) is 4.39 Å². The Balaban J connectivity index is 3.08. The normalized spacial score (nSPS) is 15.0. The molecule has 4 heteroatoms. The highest BCUT2D eigenvalue weighted by molar-refractivity contribution is 5.30. The van der Waals surface area contributed by atoms with Crippen LogP contribution in [0.1, 0.15) is 31.0 Å². The number of hydrogen-bond donors (Lipinski definition) is 2. The van der Waals surface area contributed by atoms with Crippen molar-refractivity contribution >= 4 is 0 Å². The van der Waals surface area contributed by atoms with Crippen molar-refractivity contribution < 1.29 is 9.13 Å². The van der Waals surface area contributed by atoms with Crippen molar-refractivity contribution in [3.05, 3.63) is 35.1 Å². The monoisotopic (exact) mass is 240 g/mol. The van der Waals surface area contributed by atoms with Crippen LogP contribution >= 0.6 is 0 Å². The topological polar surface area (TPSA) is 47.3 Å². The Kier molecular flexibility index (Phi) is 5.05. The summed E-state index contributed by atoms with van der Waals surface area (Å²) in [6, 6.07) is 4.57. The minimum atomic E-state index is -0.236. The molecule has 0 saturated carbocycles. The van der Waals surface area contributed by atoms with Crippen molar-refractivity contribution in [1.82, 2.24) is 5.43 Å². The molecule has 96 valence electrons. The second kappa shape index (κ2) is 6.10. The Morgan fingerprint density at radius 1 is 1.35 bits per heavy atom. The molecule has 1 aromatic carbocycles. The van der Waals surface area contributed by atoms with E-state index < -0.39 is 0 Å². The molecule has 0 spiro atoms. The van der Waals surface area contributed by atoms with Gasteiger partial charge in [-0.15, -0.1) is 0 Å². The number of nitrogens with one attached hydrogen (secondary N) is 1. The average molecular weight is 240 g/mol. The van der Waals surface area contributed by atoms with Crippen LogP contribution in [0.4, 0.5) is 4.39 Å². The predicted octanol–water partition coefficient (Wildman–Crippen LogP) is 2.31. The van der Waals surface area contributed by atoms with Gasteiger partial charge in [-0.3, -0.25) is 11.3 Å². The molecular formula is C13H21FN2O. The Bertz CT molecular complexity index is 368. The van der Waals surface area contributed by atoms with Crippen molar-refractivity contribution in [2.45, 2.75) is 32.9 Å². The van der Waals surface area contributed by atoms with Crippen LogP contribution < -0.4 is 11.3 Å². The Morgan fingerprint density at radius 2 is 2.00 bits per heavy atom. The number of halogens is 1. The summed E-state index contributed by atoms with van der Waals surface area (Å²) in [7, 11) is 1.66. The average Bonchev–Trinajstić information content (AvgIpc) is 2.26. The standard InChI is InChI=1S/C13H21FN2O/c1-8(2)13(17-4)12(16-15)11-6-5-10(14)7-9(11)3/h5-8,12-13,16H,15H2,1-4H3. The van der Waals surface area contributed by atoms with Gasteiger partial charge in [-0.05, 0) is 36.1 Å². The molecule has 0 aromatic heterocycles. The van der Waals surface area contributed by atoms with Crippen molar-refractivity contribution in [1.29, 1.82) is 0 Å². The summed E-state index contributed by atoms with van der Waals surface area (Å²) < 4.78 is 18.5. The first-order valence-corrected chi connectivity index (χ1v) is 5.76. The predicted molar refractivity (Wildman–Crippen MR) is 66.8 cm³/mol. The van der Waals surface area contributed by atoms with E-state index in [2.05, 4.69) is 19.3 Å². The van der Waals surface area contributed by atoms with Crippen LogP contribution in [0.15, 0.2) is 18.2 Å². The number of benzene rings is 1. The second-order valence-corrected chi connectivity index (χ2v) is 4.59. The summed E-state index contributed by atoms with van der Waals surface area (Å²) in [4.78, 5) is 0. The molecule has 0 aliphatic heterocycles. The highest BCUT2D eigenvalue weighted by Gasteiger charge is 2.26. The molecule has 0 saturated heterocycles. The number of nitrogens with two attached hydrogens (primary N) is 1. The molecule has 17 heavy (non-hydrogen) atoms. The van der Waals surface area contributed by atoms with E-state index in [0.29, 0.717) is 5.92 Å². The first kappa shape index (κ1) is 14.1. The third-order valence-electron chi connectivity index (χ3n) is 3.00. The van der Waals surface area contributed by atoms with Gasteiger partial charge in [0.25, 0.3) is 0 Å². The number of methoxy groups -OCH3 is 1. The Labute approximate surface area is 102 Å². The third-order valence-corrected chi connectivity index (χ3v) is 3.00. The molecular weight excluding hydrogens is 219 g/mol. The van der Waals surface area contributed by atoms with E-state index in [1.165, 1.54) is 12.1 Å². The van der Waals surface area contributed by atoms with Crippen molar-refractivity contribution in [3.8, 4) is 0 Å². The molecule has 1 aromatic rings. The first-order valence-electron chi connectivity index (χ1n) is 5.76. The molecule has 2 unspecified atom stereocenters. The lowest BCUT2D eigenvalue weighted by Crippen LogP contribution is -2.40. The van der Waals surface area contributed by atoms with Crippen molar-refractivity contribution in [3.63, 3.8) is 0 Å². The molecule has 1 rings (SSSR count). The van der Waals surface area contributed by atoms with E-state index in [1.54, 1.807) is 13.2 Å². The first-order chi connectivity index (χ1) is 8.01. The molecule has 0 aliphatic rings. The van der Waals surface area contributed by atoms with Crippen LogP contribution in [-0.4, -0.2) is 13.2 Å². The van der Waals surface area contributed by atoms with Gasteiger partial charge < -0.3 is 4.74 Å². The lowest BCUT2D eigenvalue weighted by atomic mass is 9.91. The Hall–Kier alpha value is -0.970. The minimum Gasteiger partial charge on any atom is -0.379 e. The fourth-order valence-electron chi connectivity index (χ4n) is 2.14. The van der Waals surface area contributed by atoms with Crippen LogP contribution in [0.2, 0.25) is 0 Å². The molecule has 3 nitrogen and oxygen atoms in total. The zero-order chi connectivity index (χ0) is 13.0. The fourth-order valence-corrected chi connectivity index (χ4v) is 2.14. The molecule has 3 N–H and O–H groups in total. The zero-order valence-corrected chi connectivity index (χ0v) is 10.8. The number of hydrazine groups is 1. The minimum absolute atomic E-state index is 0.0517. The van der Waals surface area contributed by atoms with Gasteiger partial charge in [-0.25, -0.2) is 4.39 Å². The van der Waals surface area contributed by atoms with Gasteiger partial charge in [-0.2, -0.15) is 0 Å². The van der Waals surface area contributed by atoms with Crippen LogP contribution in [0.5, 0.6) is 0 Å². The number of ether oxygens (including phenoxy) is 1. The van der Waals surface area contributed by atoms with Crippen molar-refractivity contribution in [2.75, 3.05) is 7.11 Å². The lowest BCUT2D eigenvalue weighted by Gasteiger charge is -2.29. The molecule has 0 amide bonds. The van der Waals surface area contributed by atoms with E-state index in [-0.39, 0.29) is 18.0 Å². The van der Waals surface area contributed by atoms with Crippen molar-refractivity contribution in [2.24, 2.45) is 11.8 Å². The quantitative estimate of drug-likeness (QED) is 0.613. The third kappa shape index (κ3) is 3.25. The summed E-state index contributed by atoms with van der Waals surface area (Å²) >= 11 is 0. The maximum Gasteiger partial charge on any atom is 0.123 e. The molecule has 0 fully saturated rings. The number of hydrogen-bond acceptors (Lipinski definition) is 3. The van der Waals surface area contributed by atoms with Gasteiger partial charge in [0, 0.05) is 7.11 Å². The van der Waals surface area contributed by atoms with Gasteiger partial charge in [0.1, 0.15) is 5.82 Å². The van der Waals surface area contributed by atoms with E-state index >= 15 is 0 Å². The molecule has 2 atom stereocenters. The van der Waals surface area contributed by atoms with Gasteiger partial charge in [0.15, 0.2) is 0 Å². The molecule has 0 radical (unpaired) electrons. The maximum atomic E-state index is 13.1. The molecule has 0 aliphatic carbocycles. The van der Waals surface area contributed by atoms with Crippen LogP contribution in [0.25, 0.3) is 0 Å². The summed E-state index contributed by atoms with van der Waals surface area (Å²) in [6.45, 7) is 6.00. The largest absolute Gasteiger partial charge is 0.379 e. The van der Waals surface area contributed by atoms with Crippen LogP contribution in [-0.2, 0) is 4.74 Å². The van der Waals surface area contributed by atoms with Gasteiger partial charge in [0.05, 0.1) is 12.1 Å². The van der Waals surface area contributed by atoms with Gasteiger partial charge in [-0.1, -0.05) is 19.9 Å². The van der Waals surface area contributed by atoms with E-state index in [0.717, 1.165) is 11.1 Å². The highest BCUT2D eigenvalue weighted by atomic mass is 19.1. The molecule has 0 bridgehead atoms. The van der Waals surface area contributed by atoms with Gasteiger partial charge in [0.2, 0.25) is 0 Å². The SMILES string of the molecule is COC(C(C)C)C(NN)c1ccc(F)cc1C. The smallest absolute Gasteiger partial charge is 0.123 e. The second-order valence-electron chi connectivity index (χ2n) is 4.59. The van der Waals surface area contributed by atoms with Crippen LogP contribution in [0, 0.1) is 18.7 Å². The van der Waals surface area contributed by atoms with E-state index in [1.807, 2.05) is 6.92 Å². The maximum absolute atomic E-state index is 13.1.